The van der Waals surface area contributed by atoms with Crippen LogP contribution < -0.4 is 11.3 Å². The van der Waals surface area contributed by atoms with Crippen LogP contribution in [0, 0.1) is 0 Å². The van der Waals surface area contributed by atoms with Gasteiger partial charge >= 0.3 is 0 Å². The lowest BCUT2D eigenvalue weighted by molar-refractivity contribution is 0.436. The maximum atomic E-state index is 11.1. The lowest BCUT2D eigenvalue weighted by atomic mass is 10.0. The summed E-state index contributed by atoms with van der Waals surface area (Å²) in [6.07, 6.45) is 1.57. The number of anilines is 1. The van der Waals surface area contributed by atoms with Crippen LogP contribution in [0.1, 0.15) is 0 Å². The molecule has 0 fully saturated rings. The quantitative estimate of drug-likeness (QED) is 0.755. The minimum atomic E-state index is -0.177. The third-order valence-electron chi connectivity index (χ3n) is 2.91. The molecule has 0 amide bonds. The van der Waals surface area contributed by atoms with Gasteiger partial charge in [0.1, 0.15) is 0 Å². The third-order valence-corrected chi connectivity index (χ3v) is 3.60. The van der Waals surface area contributed by atoms with Crippen molar-refractivity contribution in [1.29, 1.82) is 0 Å². The smallest absolute Gasteiger partial charge is 0.247 e. The number of nitrogens with zero attached hydrogens (tertiary/aromatic N) is 1. The Labute approximate surface area is 122 Å². The van der Waals surface area contributed by atoms with Crippen LogP contribution in [0.4, 0.5) is 5.82 Å². The van der Waals surface area contributed by atoms with Gasteiger partial charge in [0.05, 0.1) is 5.56 Å². The van der Waals surface area contributed by atoms with E-state index in [0.717, 1.165) is 10.0 Å². The summed E-state index contributed by atoms with van der Waals surface area (Å²) < 4.78 is 6.20. The summed E-state index contributed by atoms with van der Waals surface area (Å²) in [5.41, 5.74) is 8.02. The van der Waals surface area contributed by atoms with Gasteiger partial charge in [-0.3, -0.25) is 4.79 Å². The zero-order chi connectivity index (χ0) is 14.1. The first-order valence-corrected chi connectivity index (χ1v) is 6.65. The zero-order valence-electron chi connectivity index (χ0n) is 10.3. The van der Waals surface area contributed by atoms with Crippen LogP contribution in [0.3, 0.4) is 0 Å². The van der Waals surface area contributed by atoms with Gasteiger partial charge in [0.2, 0.25) is 5.56 Å². The molecular weight excluding hydrogens is 322 g/mol. The molecule has 0 radical (unpaired) electrons. The van der Waals surface area contributed by atoms with Gasteiger partial charge in [-0.1, -0.05) is 39.3 Å². The van der Waals surface area contributed by atoms with Crippen molar-refractivity contribution in [3.05, 3.63) is 57.4 Å². The molecule has 0 saturated heterocycles. The number of nitrogens with two attached hydrogens (primary N) is 1. The number of pyridine rings is 1. The average molecular weight is 332 g/mol. The van der Waals surface area contributed by atoms with Crippen LogP contribution in [0.2, 0.25) is 0 Å². The highest BCUT2D eigenvalue weighted by Crippen LogP contribution is 2.39. The second-order valence-electron chi connectivity index (χ2n) is 4.19. The van der Waals surface area contributed by atoms with E-state index in [-0.39, 0.29) is 5.56 Å². The van der Waals surface area contributed by atoms with Gasteiger partial charge in [-0.15, -0.1) is 0 Å². The van der Waals surface area contributed by atoms with Crippen molar-refractivity contribution >= 4 is 21.7 Å². The Morgan fingerprint density at radius 1 is 1.20 bits per heavy atom. The summed E-state index contributed by atoms with van der Waals surface area (Å²) in [5.74, 6) is 0.823. The van der Waals surface area contributed by atoms with E-state index >= 15 is 0 Å². The molecule has 0 aliphatic rings. The standard InChI is InChI=1S/C14H10BrN3O2/c15-10-4-2-1-3-9(10)12-13(20-18-14(12)16)8-5-6-11(19)17-7-8/h1-7H,(H2,16,18)(H,17,19). The third kappa shape index (κ3) is 2.14. The molecule has 5 nitrogen and oxygen atoms in total. The lowest BCUT2D eigenvalue weighted by Gasteiger charge is -2.04. The van der Waals surface area contributed by atoms with Crippen molar-refractivity contribution in [2.75, 3.05) is 5.73 Å². The van der Waals surface area contributed by atoms with E-state index < -0.39 is 0 Å². The number of nitrogen functional groups attached to an aromatic ring is 1. The molecule has 0 atom stereocenters. The van der Waals surface area contributed by atoms with Gasteiger partial charge < -0.3 is 15.2 Å². The summed E-state index contributed by atoms with van der Waals surface area (Å²) in [7, 11) is 0. The van der Waals surface area contributed by atoms with Gasteiger partial charge in [-0.2, -0.15) is 0 Å². The monoisotopic (exact) mass is 331 g/mol. The fraction of sp³-hybridized carbons (Fsp3) is 0. The van der Waals surface area contributed by atoms with E-state index in [4.69, 9.17) is 10.3 Å². The number of aromatic nitrogens is 2. The van der Waals surface area contributed by atoms with Gasteiger partial charge in [-0.25, -0.2) is 0 Å². The summed E-state index contributed by atoms with van der Waals surface area (Å²) in [6, 6.07) is 10.7. The lowest BCUT2D eigenvalue weighted by Crippen LogP contribution is -2.01. The number of H-pyrrole nitrogens is 1. The molecule has 0 saturated carbocycles. The first-order valence-electron chi connectivity index (χ1n) is 5.86. The number of hydrogen-bond donors (Lipinski definition) is 2. The Bertz CT molecular complexity index is 803. The molecule has 100 valence electrons. The van der Waals surface area contributed by atoms with E-state index in [1.807, 2.05) is 24.3 Å². The molecule has 1 aromatic carbocycles. The summed E-state index contributed by atoms with van der Waals surface area (Å²) >= 11 is 3.49. The number of nitrogens with one attached hydrogen (secondary N) is 1. The molecule has 0 aliphatic heterocycles. The number of aromatic amines is 1. The minimum absolute atomic E-state index is 0.177. The molecule has 0 spiro atoms. The molecule has 0 bridgehead atoms. The molecule has 0 aliphatic carbocycles. The predicted molar refractivity (Wildman–Crippen MR) is 80.1 cm³/mol. The second-order valence-corrected chi connectivity index (χ2v) is 5.05. The molecule has 3 aromatic rings. The van der Waals surface area contributed by atoms with E-state index in [0.29, 0.717) is 22.7 Å². The Morgan fingerprint density at radius 3 is 2.70 bits per heavy atom. The van der Waals surface area contributed by atoms with Crippen molar-refractivity contribution in [3.63, 3.8) is 0 Å². The van der Waals surface area contributed by atoms with Gasteiger partial charge in [0.25, 0.3) is 0 Å². The van der Waals surface area contributed by atoms with E-state index in [1.54, 1.807) is 12.3 Å². The molecule has 0 unspecified atom stereocenters. The van der Waals surface area contributed by atoms with Crippen molar-refractivity contribution in [2.45, 2.75) is 0 Å². The number of benzene rings is 1. The van der Waals surface area contributed by atoms with Gasteiger partial charge in [-0.05, 0) is 12.1 Å². The minimum Gasteiger partial charge on any atom is -0.380 e. The van der Waals surface area contributed by atoms with Crippen molar-refractivity contribution in [1.82, 2.24) is 10.1 Å². The maximum absolute atomic E-state index is 11.1. The van der Waals surface area contributed by atoms with E-state index in [9.17, 15) is 4.79 Å². The van der Waals surface area contributed by atoms with E-state index in [2.05, 4.69) is 26.1 Å². The fourth-order valence-corrected chi connectivity index (χ4v) is 2.46. The maximum Gasteiger partial charge on any atom is 0.247 e. The van der Waals surface area contributed by atoms with Crippen molar-refractivity contribution < 1.29 is 4.52 Å². The van der Waals surface area contributed by atoms with E-state index in [1.165, 1.54) is 6.07 Å². The Balaban J connectivity index is 2.23. The Kier molecular flexibility index (Phi) is 3.15. The largest absolute Gasteiger partial charge is 0.380 e. The normalized spacial score (nSPS) is 10.7. The first-order chi connectivity index (χ1) is 9.66. The molecular formula is C14H10BrN3O2. The summed E-state index contributed by atoms with van der Waals surface area (Å²) in [5, 5.41) is 3.82. The van der Waals surface area contributed by atoms with Crippen LogP contribution in [0.25, 0.3) is 22.5 Å². The molecule has 20 heavy (non-hydrogen) atoms. The second kappa shape index (κ2) is 4.97. The summed E-state index contributed by atoms with van der Waals surface area (Å²) in [6.45, 7) is 0. The van der Waals surface area contributed by atoms with Gasteiger partial charge in [0.15, 0.2) is 11.6 Å². The number of halogens is 1. The average Bonchev–Trinajstić information content (AvgIpc) is 2.82. The number of hydrogen-bond acceptors (Lipinski definition) is 4. The van der Waals surface area contributed by atoms with Crippen LogP contribution in [-0.4, -0.2) is 10.1 Å². The van der Waals surface area contributed by atoms with Crippen molar-refractivity contribution in [3.8, 4) is 22.5 Å². The van der Waals surface area contributed by atoms with Crippen LogP contribution >= 0.6 is 15.9 Å². The predicted octanol–water partition coefficient (Wildman–Crippen LogP) is 3.04. The van der Waals surface area contributed by atoms with Crippen molar-refractivity contribution in [2.24, 2.45) is 0 Å². The molecule has 3 N–H and O–H groups in total. The molecule has 3 rings (SSSR count). The van der Waals surface area contributed by atoms with Crippen LogP contribution in [-0.2, 0) is 0 Å². The first kappa shape index (κ1) is 12.7. The fourth-order valence-electron chi connectivity index (χ4n) is 1.98. The molecule has 6 heteroatoms. The number of rotatable bonds is 2. The molecule has 2 heterocycles. The van der Waals surface area contributed by atoms with Crippen LogP contribution in [0.5, 0.6) is 0 Å². The molecule has 2 aromatic heterocycles. The highest BCUT2D eigenvalue weighted by atomic mass is 79.9. The van der Waals surface area contributed by atoms with Gasteiger partial charge in [0, 0.05) is 27.9 Å². The van der Waals surface area contributed by atoms with Crippen LogP contribution in [0.15, 0.2) is 56.4 Å². The topological polar surface area (TPSA) is 84.9 Å². The Morgan fingerprint density at radius 2 is 2.00 bits per heavy atom. The Hall–Kier alpha value is -2.34. The summed E-state index contributed by atoms with van der Waals surface area (Å²) in [4.78, 5) is 13.7. The highest BCUT2D eigenvalue weighted by molar-refractivity contribution is 9.10. The zero-order valence-corrected chi connectivity index (χ0v) is 11.8. The SMILES string of the molecule is Nc1noc(-c2ccc(=O)[nH]c2)c1-c1ccccc1Br. The highest BCUT2D eigenvalue weighted by Gasteiger charge is 2.19.